The van der Waals surface area contributed by atoms with Gasteiger partial charge in [-0.05, 0) is 49.9 Å². The van der Waals surface area contributed by atoms with E-state index in [0.717, 1.165) is 24.1 Å². The monoisotopic (exact) mass is 364 g/mol. The molecule has 0 N–H and O–H groups in total. The average molecular weight is 364 g/mol. The zero-order chi connectivity index (χ0) is 19.2. The highest BCUT2D eigenvalue weighted by atomic mass is 16.2. The van der Waals surface area contributed by atoms with Gasteiger partial charge in [0.2, 0.25) is 11.8 Å². The number of carbonyl (C=O) groups is 2. The van der Waals surface area contributed by atoms with Gasteiger partial charge in [0.05, 0.1) is 5.92 Å². The highest BCUT2D eigenvalue weighted by Gasteiger charge is 2.36. The van der Waals surface area contributed by atoms with Gasteiger partial charge in [0.1, 0.15) is 0 Å². The van der Waals surface area contributed by atoms with E-state index in [1.807, 2.05) is 61.2 Å². The lowest BCUT2D eigenvalue weighted by Gasteiger charge is -2.24. The summed E-state index contributed by atoms with van der Waals surface area (Å²) in [6.07, 6.45) is 2.20. The molecule has 2 aromatic carbocycles. The second kappa shape index (κ2) is 8.85. The second-order valence-corrected chi connectivity index (χ2v) is 7.25. The Labute approximate surface area is 161 Å². The molecule has 0 bridgehead atoms. The minimum absolute atomic E-state index is 0.0574. The zero-order valence-electron chi connectivity index (χ0n) is 16.2. The largest absolute Gasteiger partial charge is 0.342 e. The molecule has 1 unspecified atom stereocenters. The van der Waals surface area contributed by atoms with Crippen LogP contribution in [-0.2, 0) is 16.0 Å². The van der Waals surface area contributed by atoms with E-state index in [0.29, 0.717) is 26.1 Å². The van der Waals surface area contributed by atoms with Crippen molar-refractivity contribution in [2.24, 2.45) is 5.92 Å². The summed E-state index contributed by atoms with van der Waals surface area (Å²) in [7, 11) is 0. The molecule has 0 aliphatic carbocycles. The van der Waals surface area contributed by atoms with Crippen LogP contribution in [0.2, 0.25) is 0 Å². The molecule has 4 heteroatoms. The highest BCUT2D eigenvalue weighted by Crippen LogP contribution is 2.24. The molecule has 4 nitrogen and oxygen atoms in total. The van der Waals surface area contributed by atoms with E-state index < -0.39 is 0 Å². The lowest BCUT2D eigenvalue weighted by molar-refractivity contribution is -0.128. The second-order valence-electron chi connectivity index (χ2n) is 7.25. The first kappa shape index (κ1) is 19.2. The van der Waals surface area contributed by atoms with Crippen LogP contribution in [0.1, 0.15) is 30.9 Å². The Morgan fingerprint density at radius 2 is 1.93 bits per heavy atom. The number of anilines is 1. The van der Waals surface area contributed by atoms with Gasteiger partial charge in [-0.15, -0.1) is 0 Å². The Morgan fingerprint density at radius 1 is 1.15 bits per heavy atom. The van der Waals surface area contributed by atoms with Crippen LogP contribution >= 0.6 is 0 Å². The molecule has 27 heavy (non-hydrogen) atoms. The molecule has 1 saturated heterocycles. The van der Waals surface area contributed by atoms with E-state index in [9.17, 15) is 9.59 Å². The third-order valence-electron chi connectivity index (χ3n) is 5.20. The fourth-order valence-corrected chi connectivity index (χ4v) is 3.75. The van der Waals surface area contributed by atoms with Crippen molar-refractivity contribution >= 4 is 17.5 Å². The Balaban J connectivity index is 1.57. The molecule has 0 radical (unpaired) electrons. The number of amides is 2. The predicted molar refractivity (Wildman–Crippen MR) is 109 cm³/mol. The van der Waals surface area contributed by atoms with Crippen LogP contribution in [0.4, 0.5) is 5.69 Å². The summed E-state index contributed by atoms with van der Waals surface area (Å²) >= 11 is 0. The van der Waals surface area contributed by atoms with Crippen molar-refractivity contribution in [1.82, 2.24) is 4.90 Å². The Kier molecular flexibility index (Phi) is 6.28. The number of hydrogen-bond acceptors (Lipinski definition) is 2. The van der Waals surface area contributed by atoms with Crippen LogP contribution in [-0.4, -0.2) is 36.3 Å². The topological polar surface area (TPSA) is 40.6 Å². The summed E-state index contributed by atoms with van der Waals surface area (Å²) in [5, 5.41) is 0. The van der Waals surface area contributed by atoms with E-state index in [1.165, 1.54) is 5.56 Å². The Bertz CT molecular complexity index is 788. The minimum atomic E-state index is -0.241. The van der Waals surface area contributed by atoms with E-state index in [1.54, 1.807) is 4.90 Å². The van der Waals surface area contributed by atoms with Crippen molar-refractivity contribution < 1.29 is 9.59 Å². The summed E-state index contributed by atoms with van der Waals surface area (Å²) in [4.78, 5) is 29.1. The van der Waals surface area contributed by atoms with Gasteiger partial charge in [0.25, 0.3) is 0 Å². The molecule has 1 aliphatic rings. The molecule has 0 saturated carbocycles. The van der Waals surface area contributed by atoms with Gasteiger partial charge in [0.15, 0.2) is 0 Å². The lowest BCUT2D eigenvalue weighted by Crippen LogP contribution is -2.37. The van der Waals surface area contributed by atoms with Gasteiger partial charge >= 0.3 is 0 Å². The predicted octanol–water partition coefficient (Wildman–Crippen LogP) is 3.83. The van der Waals surface area contributed by atoms with Gasteiger partial charge in [-0.1, -0.05) is 42.5 Å². The summed E-state index contributed by atoms with van der Waals surface area (Å²) in [5.74, 6) is -0.0848. The number of likely N-dealkylation sites (tertiary alicyclic amines) is 1. The van der Waals surface area contributed by atoms with Crippen molar-refractivity contribution in [3.05, 3.63) is 65.7 Å². The summed E-state index contributed by atoms with van der Waals surface area (Å²) in [5.41, 5.74) is 3.33. The molecule has 0 spiro atoms. The smallest absolute Gasteiger partial charge is 0.232 e. The van der Waals surface area contributed by atoms with E-state index in [2.05, 4.69) is 12.1 Å². The third kappa shape index (κ3) is 4.76. The first-order valence-electron chi connectivity index (χ1n) is 9.78. The van der Waals surface area contributed by atoms with Crippen LogP contribution in [0.3, 0.4) is 0 Å². The normalized spacial score (nSPS) is 16.6. The molecule has 2 aromatic rings. The summed E-state index contributed by atoms with van der Waals surface area (Å²) in [6, 6.07) is 18.3. The van der Waals surface area contributed by atoms with Crippen molar-refractivity contribution in [3.63, 3.8) is 0 Å². The van der Waals surface area contributed by atoms with Crippen LogP contribution in [0.15, 0.2) is 54.6 Å². The highest BCUT2D eigenvalue weighted by molar-refractivity contribution is 5.99. The molecular weight excluding hydrogens is 336 g/mol. The van der Waals surface area contributed by atoms with Crippen LogP contribution in [0, 0.1) is 12.8 Å². The molecule has 3 rings (SSSR count). The number of rotatable bonds is 7. The van der Waals surface area contributed by atoms with Gasteiger partial charge in [-0.2, -0.15) is 0 Å². The van der Waals surface area contributed by atoms with Gasteiger partial charge in [-0.3, -0.25) is 9.59 Å². The van der Waals surface area contributed by atoms with Crippen LogP contribution in [0.5, 0.6) is 0 Å². The number of nitrogens with zero attached hydrogens (tertiary/aromatic N) is 2. The van der Waals surface area contributed by atoms with Gasteiger partial charge < -0.3 is 9.80 Å². The maximum Gasteiger partial charge on any atom is 0.232 e. The maximum atomic E-state index is 13.0. The zero-order valence-corrected chi connectivity index (χ0v) is 16.2. The molecule has 2 amide bonds. The van der Waals surface area contributed by atoms with Crippen molar-refractivity contribution in [2.75, 3.05) is 24.5 Å². The molecule has 142 valence electrons. The number of benzene rings is 2. The van der Waals surface area contributed by atoms with Crippen LogP contribution in [0.25, 0.3) is 0 Å². The Hall–Kier alpha value is -2.62. The van der Waals surface area contributed by atoms with E-state index in [4.69, 9.17) is 0 Å². The van der Waals surface area contributed by atoms with Crippen molar-refractivity contribution in [1.29, 1.82) is 0 Å². The molecule has 1 fully saturated rings. The SMILES string of the molecule is CCN(C(=O)C1CC(=O)N(CCCc2ccccc2)C1)c1cccc(C)c1. The molecule has 1 aliphatic heterocycles. The van der Waals surface area contributed by atoms with Crippen molar-refractivity contribution in [2.45, 2.75) is 33.1 Å². The Morgan fingerprint density at radius 3 is 2.63 bits per heavy atom. The first-order chi connectivity index (χ1) is 13.1. The molecule has 1 atom stereocenters. The minimum Gasteiger partial charge on any atom is -0.342 e. The van der Waals surface area contributed by atoms with Gasteiger partial charge in [-0.25, -0.2) is 0 Å². The number of hydrogen-bond donors (Lipinski definition) is 0. The van der Waals surface area contributed by atoms with Crippen molar-refractivity contribution in [3.8, 4) is 0 Å². The van der Waals surface area contributed by atoms with Gasteiger partial charge in [0, 0.05) is 31.7 Å². The quantitative estimate of drug-likeness (QED) is 0.749. The third-order valence-corrected chi connectivity index (χ3v) is 5.20. The maximum absolute atomic E-state index is 13.0. The number of aryl methyl sites for hydroxylation is 2. The first-order valence-corrected chi connectivity index (χ1v) is 9.78. The van der Waals surface area contributed by atoms with E-state index >= 15 is 0 Å². The molecule has 0 aromatic heterocycles. The van der Waals surface area contributed by atoms with E-state index in [-0.39, 0.29) is 17.7 Å². The summed E-state index contributed by atoms with van der Waals surface area (Å²) < 4.78 is 0. The number of carbonyl (C=O) groups excluding carboxylic acids is 2. The van der Waals surface area contributed by atoms with Crippen LogP contribution < -0.4 is 4.90 Å². The fourth-order valence-electron chi connectivity index (χ4n) is 3.75. The average Bonchev–Trinajstić information content (AvgIpc) is 3.04. The fraction of sp³-hybridized carbons (Fsp3) is 0.391. The summed E-state index contributed by atoms with van der Waals surface area (Å²) in [6.45, 7) is 5.87. The standard InChI is InChI=1S/C23H28N2O2/c1-3-25(21-13-7-9-18(2)15-21)23(27)20-16-22(26)24(17-20)14-8-12-19-10-5-4-6-11-19/h4-7,9-11,13,15,20H,3,8,12,14,16-17H2,1-2H3. The molecule has 1 heterocycles. The molecular formula is C23H28N2O2. The lowest BCUT2D eigenvalue weighted by atomic mass is 10.1.